The molecule has 0 amide bonds. The number of rotatable bonds is 3. The summed E-state index contributed by atoms with van der Waals surface area (Å²) in [5.74, 6) is -1.09. The first-order valence-corrected chi connectivity index (χ1v) is 4.38. The number of aromatic hydroxyl groups is 1. The van der Waals surface area contributed by atoms with E-state index in [-0.39, 0.29) is 5.75 Å². The van der Waals surface area contributed by atoms with Crippen LogP contribution < -0.4 is 5.32 Å². The number of aliphatic hydroxyl groups is 1. The van der Waals surface area contributed by atoms with Crippen molar-refractivity contribution in [1.82, 2.24) is 5.32 Å². The van der Waals surface area contributed by atoms with Gasteiger partial charge in [-0.25, -0.2) is 4.39 Å². The molecule has 0 aliphatic carbocycles. The van der Waals surface area contributed by atoms with Gasteiger partial charge in [0.2, 0.25) is 0 Å². The summed E-state index contributed by atoms with van der Waals surface area (Å²) in [5.41, 5.74) is 1.17. The summed E-state index contributed by atoms with van der Waals surface area (Å²) in [6.45, 7) is 2.07. The zero-order chi connectivity index (χ0) is 10.7. The minimum Gasteiger partial charge on any atom is -0.505 e. The topological polar surface area (TPSA) is 52.5 Å². The molecule has 14 heavy (non-hydrogen) atoms. The van der Waals surface area contributed by atoms with Gasteiger partial charge < -0.3 is 15.5 Å². The van der Waals surface area contributed by atoms with Crippen LogP contribution in [-0.4, -0.2) is 23.8 Å². The molecule has 0 saturated carbocycles. The SMILES string of the molecule is CNCC(O)c1cc(F)c(O)cc1C. The zero-order valence-electron chi connectivity index (χ0n) is 8.21. The van der Waals surface area contributed by atoms with Crippen LogP contribution in [0.5, 0.6) is 5.75 Å². The molecule has 0 bridgehead atoms. The summed E-state index contributed by atoms with van der Waals surface area (Å²) in [6.07, 6.45) is -0.755. The van der Waals surface area contributed by atoms with E-state index in [1.54, 1.807) is 14.0 Å². The van der Waals surface area contributed by atoms with Crippen LogP contribution in [0.3, 0.4) is 0 Å². The van der Waals surface area contributed by atoms with Gasteiger partial charge in [0.15, 0.2) is 11.6 Å². The molecule has 78 valence electrons. The van der Waals surface area contributed by atoms with Crippen molar-refractivity contribution in [2.24, 2.45) is 0 Å². The summed E-state index contributed by atoms with van der Waals surface area (Å²) in [4.78, 5) is 0. The number of phenolic OH excluding ortho intramolecular Hbond substituents is 1. The van der Waals surface area contributed by atoms with Crippen molar-refractivity contribution >= 4 is 0 Å². The normalized spacial score (nSPS) is 12.9. The second kappa shape index (κ2) is 4.39. The molecule has 3 N–H and O–H groups in total. The molecule has 0 saturated heterocycles. The second-order valence-electron chi connectivity index (χ2n) is 3.23. The number of nitrogens with one attached hydrogen (secondary N) is 1. The van der Waals surface area contributed by atoms with E-state index >= 15 is 0 Å². The molecule has 0 heterocycles. The maximum absolute atomic E-state index is 13.0. The number of hydrogen-bond donors (Lipinski definition) is 3. The number of hydrogen-bond acceptors (Lipinski definition) is 3. The maximum atomic E-state index is 13.0. The Morgan fingerprint density at radius 2 is 2.14 bits per heavy atom. The van der Waals surface area contributed by atoms with Gasteiger partial charge in [-0.05, 0) is 37.2 Å². The number of halogens is 1. The fraction of sp³-hybridized carbons (Fsp3) is 0.400. The van der Waals surface area contributed by atoms with Gasteiger partial charge in [0.1, 0.15) is 0 Å². The molecule has 1 rings (SSSR count). The van der Waals surface area contributed by atoms with Crippen molar-refractivity contribution in [2.75, 3.05) is 13.6 Å². The van der Waals surface area contributed by atoms with Crippen molar-refractivity contribution in [3.8, 4) is 5.75 Å². The van der Waals surface area contributed by atoms with E-state index in [9.17, 15) is 9.50 Å². The lowest BCUT2D eigenvalue weighted by molar-refractivity contribution is 0.176. The summed E-state index contributed by atoms with van der Waals surface area (Å²) < 4.78 is 13.0. The lowest BCUT2D eigenvalue weighted by Crippen LogP contribution is -2.17. The van der Waals surface area contributed by atoms with E-state index in [1.807, 2.05) is 0 Å². The van der Waals surface area contributed by atoms with E-state index in [0.29, 0.717) is 17.7 Å². The Labute approximate surface area is 82.2 Å². The fourth-order valence-corrected chi connectivity index (χ4v) is 1.34. The molecule has 0 radical (unpaired) electrons. The molecule has 0 fully saturated rings. The molecule has 4 heteroatoms. The third-order valence-electron chi connectivity index (χ3n) is 2.09. The third kappa shape index (κ3) is 2.21. The van der Waals surface area contributed by atoms with E-state index < -0.39 is 11.9 Å². The van der Waals surface area contributed by atoms with Crippen molar-refractivity contribution in [2.45, 2.75) is 13.0 Å². The predicted molar refractivity (Wildman–Crippen MR) is 51.7 cm³/mol. The highest BCUT2D eigenvalue weighted by molar-refractivity contribution is 5.36. The number of aryl methyl sites for hydroxylation is 1. The lowest BCUT2D eigenvalue weighted by atomic mass is 10.0. The smallest absolute Gasteiger partial charge is 0.165 e. The minimum atomic E-state index is -0.755. The Morgan fingerprint density at radius 1 is 1.50 bits per heavy atom. The molecular formula is C10H14FNO2. The Hall–Kier alpha value is -1.13. The number of benzene rings is 1. The highest BCUT2D eigenvalue weighted by Crippen LogP contribution is 2.24. The molecule has 1 aromatic carbocycles. The van der Waals surface area contributed by atoms with Gasteiger partial charge in [0, 0.05) is 6.54 Å². The summed E-state index contributed by atoms with van der Waals surface area (Å²) >= 11 is 0. The molecule has 1 aromatic rings. The monoisotopic (exact) mass is 199 g/mol. The first-order chi connectivity index (χ1) is 6.56. The van der Waals surface area contributed by atoms with Gasteiger partial charge in [-0.3, -0.25) is 0 Å². The van der Waals surface area contributed by atoms with Crippen molar-refractivity contribution in [3.05, 3.63) is 29.1 Å². The summed E-state index contributed by atoms with van der Waals surface area (Å²) in [7, 11) is 1.70. The Balaban J connectivity index is 3.02. The highest BCUT2D eigenvalue weighted by Gasteiger charge is 2.12. The molecule has 1 unspecified atom stereocenters. The van der Waals surface area contributed by atoms with Gasteiger partial charge >= 0.3 is 0 Å². The van der Waals surface area contributed by atoms with E-state index in [1.165, 1.54) is 6.07 Å². The first kappa shape index (κ1) is 10.9. The predicted octanol–water partition coefficient (Wildman–Crippen LogP) is 1.09. The average molecular weight is 199 g/mol. The fourth-order valence-electron chi connectivity index (χ4n) is 1.34. The molecule has 0 spiro atoms. The van der Waals surface area contributed by atoms with Crippen LogP contribution in [-0.2, 0) is 0 Å². The quantitative estimate of drug-likeness (QED) is 0.683. The van der Waals surface area contributed by atoms with Gasteiger partial charge in [-0.15, -0.1) is 0 Å². The van der Waals surface area contributed by atoms with Crippen LogP contribution in [0.4, 0.5) is 4.39 Å². The molecule has 0 aliphatic rings. The molecule has 0 aromatic heterocycles. The van der Waals surface area contributed by atoms with Gasteiger partial charge in [0.05, 0.1) is 6.10 Å². The minimum absolute atomic E-state index is 0.352. The standard InChI is InChI=1S/C10H14FNO2/c1-6-3-9(13)8(11)4-7(6)10(14)5-12-2/h3-4,10,12-14H,5H2,1-2H3. The number of phenols is 1. The van der Waals surface area contributed by atoms with Crippen molar-refractivity contribution in [1.29, 1.82) is 0 Å². The lowest BCUT2D eigenvalue weighted by Gasteiger charge is -2.13. The van der Waals surface area contributed by atoms with E-state index in [2.05, 4.69) is 5.32 Å². The van der Waals surface area contributed by atoms with Gasteiger partial charge in [-0.1, -0.05) is 0 Å². The van der Waals surface area contributed by atoms with Crippen molar-refractivity contribution < 1.29 is 14.6 Å². The largest absolute Gasteiger partial charge is 0.505 e. The van der Waals surface area contributed by atoms with Crippen LogP contribution in [0.25, 0.3) is 0 Å². The molecule has 3 nitrogen and oxygen atoms in total. The number of likely N-dealkylation sites (N-methyl/N-ethyl adjacent to an activating group) is 1. The van der Waals surface area contributed by atoms with Crippen LogP contribution in [0.15, 0.2) is 12.1 Å². The Bertz CT molecular complexity index is 328. The number of aliphatic hydroxyl groups excluding tert-OH is 1. The summed E-state index contributed by atoms with van der Waals surface area (Å²) in [6, 6.07) is 2.47. The molecule has 1 atom stereocenters. The first-order valence-electron chi connectivity index (χ1n) is 4.38. The summed E-state index contributed by atoms with van der Waals surface area (Å²) in [5, 5.41) is 21.5. The van der Waals surface area contributed by atoms with Crippen LogP contribution in [0.1, 0.15) is 17.2 Å². The van der Waals surface area contributed by atoms with E-state index in [0.717, 1.165) is 6.07 Å². The van der Waals surface area contributed by atoms with Crippen LogP contribution in [0.2, 0.25) is 0 Å². The van der Waals surface area contributed by atoms with Crippen LogP contribution >= 0.6 is 0 Å². The van der Waals surface area contributed by atoms with Gasteiger partial charge in [0.25, 0.3) is 0 Å². The third-order valence-corrected chi connectivity index (χ3v) is 2.09. The molecule has 0 aliphatic heterocycles. The Morgan fingerprint density at radius 3 is 2.71 bits per heavy atom. The van der Waals surface area contributed by atoms with Crippen LogP contribution in [0, 0.1) is 12.7 Å². The van der Waals surface area contributed by atoms with E-state index in [4.69, 9.17) is 5.11 Å². The molecular weight excluding hydrogens is 185 g/mol. The Kier molecular flexibility index (Phi) is 3.43. The second-order valence-corrected chi connectivity index (χ2v) is 3.23. The van der Waals surface area contributed by atoms with Crippen molar-refractivity contribution in [3.63, 3.8) is 0 Å². The van der Waals surface area contributed by atoms with Gasteiger partial charge in [-0.2, -0.15) is 0 Å². The highest BCUT2D eigenvalue weighted by atomic mass is 19.1. The maximum Gasteiger partial charge on any atom is 0.165 e. The average Bonchev–Trinajstić information content (AvgIpc) is 2.11. The zero-order valence-corrected chi connectivity index (χ0v) is 8.21.